The average Bonchev–Trinajstić information content (AvgIpc) is 2.69. The Hall–Kier alpha value is -1.63. The highest BCUT2D eigenvalue weighted by molar-refractivity contribution is 5.84. The largest absolute Gasteiger partial charge is 0.206 e. The maximum absolute atomic E-state index is 15.2. The summed E-state index contributed by atoms with van der Waals surface area (Å²) < 4.78 is 15.2. The van der Waals surface area contributed by atoms with Crippen LogP contribution in [-0.4, -0.2) is 0 Å². The second-order valence-corrected chi connectivity index (χ2v) is 8.35. The molecular formula is C26H35F. The van der Waals surface area contributed by atoms with Gasteiger partial charge in [-0.3, -0.25) is 0 Å². The lowest BCUT2D eigenvalue weighted by Crippen LogP contribution is -2.14. The Labute approximate surface area is 164 Å². The molecule has 3 rings (SSSR count). The number of rotatable bonds is 8. The molecule has 0 bridgehead atoms. The van der Waals surface area contributed by atoms with Gasteiger partial charge in [0.15, 0.2) is 0 Å². The molecule has 0 atom stereocenters. The molecule has 0 aromatic heterocycles. The van der Waals surface area contributed by atoms with Crippen LogP contribution in [0.25, 0.3) is 10.8 Å². The Morgan fingerprint density at radius 3 is 2.59 bits per heavy atom. The van der Waals surface area contributed by atoms with Gasteiger partial charge in [0.25, 0.3) is 0 Å². The second kappa shape index (κ2) is 10.1. The molecule has 1 saturated carbocycles. The van der Waals surface area contributed by atoms with Gasteiger partial charge in [-0.05, 0) is 73.8 Å². The predicted molar refractivity (Wildman–Crippen MR) is 116 cm³/mol. The third-order valence-electron chi connectivity index (χ3n) is 6.39. The summed E-state index contributed by atoms with van der Waals surface area (Å²) in [7, 11) is 0. The van der Waals surface area contributed by atoms with Crippen LogP contribution in [-0.2, 0) is 6.42 Å². The van der Waals surface area contributed by atoms with E-state index in [-0.39, 0.29) is 5.82 Å². The van der Waals surface area contributed by atoms with Crippen molar-refractivity contribution < 1.29 is 4.39 Å². The zero-order valence-corrected chi connectivity index (χ0v) is 17.1. The van der Waals surface area contributed by atoms with Crippen LogP contribution in [0.4, 0.5) is 4.39 Å². The summed E-state index contributed by atoms with van der Waals surface area (Å²) in [5, 5.41) is 1.84. The fourth-order valence-electron chi connectivity index (χ4n) is 4.69. The Kier molecular flexibility index (Phi) is 7.50. The third kappa shape index (κ3) is 5.21. The SMILES string of the molecule is C/C=C/CCc1ccc2c(F)c(C3CCC(CCCCC)CC3)ccc2c1. The van der Waals surface area contributed by atoms with Crippen molar-refractivity contribution in [1.82, 2.24) is 0 Å². The smallest absolute Gasteiger partial charge is 0.134 e. The Bertz CT molecular complexity index is 750. The summed E-state index contributed by atoms with van der Waals surface area (Å²) in [5.41, 5.74) is 2.25. The molecular weight excluding hydrogens is 331 g/mol. The molecule has 0 radical (unpaired) electrons. The number of unbranched alkanes of at least 4 members (excludes halogenated alkanes) is 2. The minimum absolute atomic E-state index is 0.0296. The Morgan fingerprint density at radius 2 is 1.85 bits per heavy atom. The summed E-state index contributed by atoms with van der Waals surface area (Å²) in [4.78, 5) is 0. The van der Waals surface area contributed by atoms with Gasteiger partial charge in [0.2, 0.25) is 0 Å². The van der Waals surface area contributed by atoms with Crippen LogP contribution in [0.3, 0.4) is 0 Å². The monoisotopic (exact) mass is 366 g/mol. The topological polar surface area (TPSA) is 0 Å². The fraction of sp³-hybridized carbons (Fsp3) is 0.538. The predicted octanol–water partition coefficient (Wildman–Crippen LogP) is 8.34. The number of fused-ring (bicyclic) bond motifs is 1. The normalized spacial score (nSPS) is 20.6. The van der Waals surface area contributed by atoms with Crippen molar-refractivity contribution in [3.8, 4) is 0 Å². The number of hydrogen-bond acceptors (Lipinski definition) is 0. The molecule has 0 unspecified atom stereocenters. The molecule has 27 heavy (non-hydrogen) atoms. The van der Waals surface area contributed by atoms with E-state index in [0.717, 1.165) is 47.9 Å². The van der Waals surface area contributed by atoms with Crippen LogP contribution in [0.5, 0.6) is 0 Å². The minimum Gasteiger partial charge on any atom is -0.206 e. The second-order valence-electron chi connectivity index (χ2n) is 8.35. The lowest BCUT2D eigenvalue weighted by molar-refractivity contribution is 0.299. The van der Waals surface area contributed by atoms with Gasteiger partial charge in [0.1, 0.15) is 5.82 Å². The number of hydrogen-bond donors (Lipinski definition) is 0. The first kappa shape index (κ1) is 20.1. The molecule has 1 aliphatic rings. The maximum Gasteiger partial charge on any atom is 0.134 e. The first-order valence-corrected chi connectivity index (χ1v) is 11.0. The van der Waals surface area contributed by atoms with E-state index in [4.69, 9.17) is 0 Å². The molecule has 0 amide bonds. The summed E-state index contributed by atoms with van der Waals surface area (Å²) in [5.74, 6) is 1.31. The molecule has 2 aromatic carbocycles. The van der Waals surface area contributed by atoms with Crippen LogP contribution in [0.2, 0.25) is 0 Å². The molecule has 0 N–H and O–H groups in total. The Morgan fingerprint density at radius 1 is 1.04 bits per heavy atom. The van der Waals surface area contributed by atoms with Crippen molar-refractivity contribution in [3.63, 3.8) is 0 Å². The van der Waals surface area contributed by atoms with Gasteiger partial charge in [0.05, 0.1) is 0 Å². The molecule has 0 nitrogen and oxygen atoms in total. The van der Waals surface area contributed by atoms with Gasteiger partial charge < -0.3 is 0 Å². The zero-order chi connectivity index (χ0) is 19.1. The van der Waals surface area contributed by atoms with Crippen molar-refractivity contribution in [2.75, 3.05) is 0 Å². The van der Waals surface area contributed by atoms with Crippen LogP contribution in [0.1, 0.15) is 88.7 Å². The van der Waals surface area contributed by atoms with Crippen molar-refractivity contribution in [2.24, 2.45) is 5.92 Å². The molecule has 0 aliphatic heterocycles. The van der Waals surface area contributed by atoms with E-state index in [0.29, 0.717) is 5.92 Å². The molecule has 0 heterocycles. The van der Waals surface area contributed by atoms with Gasteiger partial charge in [-0.15, -0.1) is 0 Å². The van der Waals surface area contributed by atoms with E-state index >= 15 is 4.39 Å². The van der Waals surface area contributed by atoms with Crippen molar-refractivity contribution in [1.29, 1.82) is 0 Å². The average molecular weight is 367 g/mol. The fourth-order valence-corrected chi connectivity index (χ4v) is 4.69. The van der Waals surface area contributed by atoms with Crippen LogP contribution >= 0.6 is 0 Å². The number of halogens is 1. The molecule has 1 aliphatic carbocycles. The highest BCUT2D eigenvalue weighted by atomic mass is 19.1. The van der Waals surface area contributed by atoms with E-state index in [2.05, 4.69) is 50.3 Å². The van der Waals surface area contributed by atoms with E-state index < -0.39 is 0 Å². The third-order valence-corrected chi connectivity index (χ3v) is 6.39. The van der Waals surface area contributed by atoms with Gasteiger partial charge in [-0.25, -0.2) is 4.39 Å². The summed E-state index contributed by atoms with van der Waals surface area (Å²) in [6.45, 7) is 4.32. The number of benzene rings is 2. The quantitative estimate of drug-likeness (QED) is 0.325. The molecule has 0 saturated heterocycles. The number of aryl methyl sites for hydroxylation is 1. The molecule has 146 valence electrons. The standard InChI is InChI=1S/C26H35F/c1-3-5-7-9-20-11-14-22(15-12-20)24-18-16-23-19-21(10-8-6-4-2)13-17-25(23)26(24)27/h4,6,13,16-20,22H,3,5,7-12,14-15H2,1-2H3/b6-4+. The zero-order valence-electron chi connectivity index (χ0n) is 17.1. The van der Waals surface area contributed by atoms with E-state index in [1.54, 1.807) is 0 Å². The summed E-state index contributed by atoms with van der Waals surface area (Å²) >= 11 is 0. The highest BCUT2D eigenvalue weighted by Crippen LogP contribution is 2.40. The van der Waals surface area contributed by atoms with E-state index in [1.807, 2.05) is 6.07 Å². The Balaban J connectivity index is 1.67. The summed E-state index contributed by atoms with van der Waals surface area (Å²) in [6, 6.07) is 10.5. The highest BCUT2D eigenvalue weighted by Gasteiger charge is 2.24. The van der Waals surface area contributed by atoms with E-state index in [9.17, 15) is 0 Å². The van der Waals surface area contributed by atoms with Crippen molar-refractivity contribution in [3.05, 3.63) is 59.4 Å². The van der Waals surface area contributed by atoms with Crippen LogP contribution < -0.4 is 0 Å². The minimum atomic E-state index is 0.0296. The molecule has 1 heteroatoms. The molecule has 2 aromatic rings. The summed E-state index contributed by atoms with van der Waals surface area (Å²) in [6.07, 6.45) is 16.6. The molecule has 1 fully saturated rings. The van der Waals surface area contributed by atoms with Crippen LogP contribution in [0.15, 0.2) is 42.5 Å². The number of allylic oxidation sites excluding steroid dienone is 2. The lowest BCUT2D eigenvalue weighted by Gasteiger charge is -2.29. The van der Waals surface area contributed by atoms with E-state index in [1.165, 1.54) is 44.1 Å². The first-order chi connectivity index (χ1) is 13.2. The molecule has 0 spiro atoms. The van der Waals surface area contributed by atoms with Gasteiger partial charge >= 0.3 is 0 Å². The first-order valence-electron chi connectivity index (χ1n) is 11.0. The lowest BCUT2D eigenvalue weighted by atomic mass is 9.76. The van der Waals surface area contributed by atoms with Gasteiger partial charge in [-0.1, -0.05) is 75.1 Å². The van der Waals surface area contributed by atoms with Gasteiger partial charge in [-0.2, -0.15) is 0 Å². The van der Waals surface area contributed by atoms with Gasteiger partial charge in [0, 0.05) is 5.39 Å². The van der Waals surface area contributed by atoms with Crippen molar-refractivity contribution >= 4 is 10.8 Å². The van der Waals surface area contributed by atoms with Crippen LogP contribution in [0, 0.1) is 11.7 Å². The maximum atomic E-state index is 15.2. The van der Waals surface area contributed by atoms with Crippen molar-refractivity contribution in [2.45, 2.75) is 84.0 Å².